The third-order valence-corrected chi connectivity index (χ3v) is 4.74. The van der Waals surface area contributed by atoms with Crippen molar-refractivity contribution in [2.75, 3.05) is 12.3 Å². The number of rotatable bonds is 2. The predicted octanol–water partition coefficient (Wildman–Crippen LogP) is 3.60. The fraction of sp³-hybridized carbons (Fsp3) is 0.316. The lowest BCUT2D eigenvalue weighted by Gasteiger charge is -2.26. The van der Waals surface area contributed by atoms with Gasteiger partial charge in [0, 0.05) is 29.8 Å². The van der Waals surface area contributed by atoms with Gasteiger partial charge in [-0.15, -0.1) is 0 Å². The molecule has 2 unspecified atom stereocenters. The van der Waals surface area contributed by atoms with E-state index >= 15 is 0 Å². The number of hydrogen-bond acceptors (Lipinski definition) is 2. The molecular formula is C19H22N2O. The first-order valence-corrected chi connectivity index (χ1v) is 7.80. The number of likely N-dealkylation sites (tertiary alicyclic amines) is 1. The van der Waals surface area contributed by atoms with Gasteiger partial charge in [0.15, 0.2) is 0 Å². The largest absolute Gasteiger partial charge is 0.399 e. The number of nitrogens with zero attached hydrogens (tertiary/aromatic N) is 1. The molecule has 3 heteroatoms. The Labute approximate surface area is 131 Å². The Balaban J connectivity index is 1.84. The van der Waals surface area contributed by atoms with Gasteiger partial charge in [-0.2, -0.15) is 0 Å². The summed E-state index contributed by atoms with van der Waals surface area (Å²) < 4.78 is 0. The number of carbonyl (C=O) groups excluding carboxylic acids is 1. The van der Waals surface area contributed by atoms with Gasteiger partial charge in [0.05, 0.1) is 0 Å². The fourth-order valence-corrected chi connectivity index (χ4v) is 3.40. The smallest absolute Gasteiger partial charge is 0.254 e. The molecule has 0 spiro atoms. The lowest BCUT2D eigenvalue weighted by molar-refractivity contribution is 0.0741. The summed E-state index contributed by atoms with van der Waals surface area (Å²) in [6, 6.07) is 16.2. The first-order chi connectivity index (χ1) is 10.6. The van der Waals surface area contributed by atoms with Crippen LogP contribution in [0.4, 0.5) is 5.69 Å². The van der Waals surface area contributed by atoms with Gasteiger partial charge in [0.2, 0.25) is 0 Å². The highest BCUT2D eigenvalue weighted by Crippen LogP contribution is 2.34. The maximum absolute atomic E-state index is 12.9. The SMILES string of the molecule is Cc1ccc(N)cc1C(=O)N1CCC(c2ccccc2)C1C. The first-order valence-electron chi connectivity index (χ1n) is 7.80. The number of anilines is 1. The van der Waals surface area contributed by atoms with E-state index in [9.17, 15) is 4.79 Å². The van der Waals surface area contributed by atoms with E-state index in [1.807, 2.05) is 30.0 Å². The molecule has 1 amide bonds. The summed E-state index contributed by atoms with van der Waals surface area (Å²) in [5.41, 5.74) is 9.50. The molecule has 0 radical (unpaired) electrons. The average Bonchev–Trinajstić information content (AvgIpc) is 2.91. The minimum Gasteiger partial charge on any atom is -0.399 e. The summed E-state index contributed by atoms with van der Waals surface area (Å²) in [6.45, 7) is 4.90. The molecule has 114 valence electrons. The van der Waals surface area contributed by atoms with Gasteiger partial charge in [0.25, 0.3) is 5.91 Å². The Morgan fingerprint density at radius 1 is 1.18 bits per heavy atom. The van der Waals surface area contributed by atoms with Crippen molar-refractivity contribution < 1.29 is 4.79 Å². The molecule has 2 aromatic rings. The number of carbonyl (C=O) groups is 1. The summed E-state index contributed by atoms with van der Waals surface area (Å²) in [7, 11) is 0. The maximum Gasteiger partial charge on any atom is 0.254 e. The van der Waals surface area contributed by atoms with E-state index in [1.165, 1.54) is 5.56 Å². The van der Waals surface area contributed by atoms with Crippen LogP contribution in [0.25, 0.3) is 0 Å². The molecule has 0 aliphatic carbocycles. The van der Waals surface area contributed by atoms with Crippen molar-refractivity contribution in [3.05, 3.63) is 65.2 Å². The summed E-state index contributed by atoms with van der Waals surface area (Å²) in [6.07, 6.45) is 1.01. The van der Waals surface area contributed by atoms with E-state index in [0.29, 0.717) is 11.6 Å². The Morgan fingerprint density at radius 3 is 2.64 bits per heavy atom. The van der Waals surface area contributed by atoms with Crippen molar-refractivity contribution in [3.8, 4) is 0 Å². The quantitative estimate of drug-likeness (QED) is 0.860. The molecule has 3 nitrogen and oxygen atoms in total. The second kappa shape index (κ2) is 5.84. The molecule has 0 saturated carbocycles. The van der Waals surface area contributed by atoms with Crippen LogP contribution < -0.4 is 5.73 Å². The van der Waals surface area contributed by atoms with Gasteiger partial charge in [-0.3, -0.25) is 4.79 Å². The topological polar surface area (TPSA) is 46.3 Å². The van der Waals surface area contributed by atoms with E-state index in [1.54, 1.807) is 6.07 Å². The number of nitrogens with two attached hydrogens (primary N) is 1. The van der Waals surface area contributed by atoms with Gasteiger partial charge >= 0.3 is 0 Å². The molecule has 22 heavy (non-hydrogen) atoms. The molecule has 3 rings (SSSR count). The van der Waals surface area contributed by atoms with Crippen molar-refractivity contribution in [1.82, 2.24) is 4.90 Å². The van der Waals surface area contributed by atoms with Crippen molar-refractivity contribution in [3.63, 3.8) is 0 Å². The molecular weight excluding hydrogens is 272 g/mol. The van der Waals surface area contributed by atoms with Crippen LogP contribution >= 0.6 is 0 Å². The lowest BCUT2D eigenvalue weighted by atomic mass is 9.92. The Morgan fingerprint density at radius 2 is 1.91 bits per heavy atom. The zero-order valence-corrected chi connectivity index (χ0v) is 13.1. The highest BCUT2D eigenvalue weighted by atomic mass is 16.2. The van der Waals surface area contributed by atoms with Gasteiger partial charge in [-0.05, 0) is 43.5 Å². The van der Waals surface area contributed by atoms with Gasteiger partial charge in [-0.25, -0.2) is 0 Å². The molecule has 0 bridgehead atoms. The molecule has 1 aliphatic rings. The molecule has 1 heterocycles. The molecule has 2 atom stereocenters. The predicted molar refractivity (Wildman–Crippen MR) is 89.9 cm³/mol. The van der Waals surface area contributed by atoms with Crippen LogP contribution in [0.3, 0.4) is 0 Å². The Kier molecular flexibility index (Phi) is 3.88. The monoisotopic (exact) mass is 294 g/mol. The summed E-state index contributed by atoms with van der Waals surface area (Å²) in [4.78, 5) is 14.9. The van der Waals surface area contributed by atoms with E-state index in [4.69, 9.17) is 5.73 Å². The van der Waals surface area contributed by atoms with Crippen LogP contribution in [0.15, 0.2) is 48.5 Å². The minimum atomic E-state index is 0.0933. The van der Waals surface area contributed by atoms with Crippen LogP contribution in [-0.2, 0) is 0 Å². The third kappa shape index (κ3) is 2.59. The van der Waals surface area contributed by atoms with Crippen molar-refractivity contribution >= 4 is 11.6 Å². The van der Waals surface area contributed by atoms with Gasteiger partial charge in [-0.1, -0.05) is 36.4 Å². The highest BCUT2D eigenvalue weighted by Gasteiger charge is 2.35. The van der Waals surface area contributed by atoms with Crippen molar-refractivity contribution in [2.45, 2.75) is 32.2 Å². The fourth-order valence-electron chi connectivity index (χ4n) is 3.40. The zero-order chi connectivity index (χ0) is 15.7. The summed E-state index contributed by atoms with van der Waals surface area (Å²) >= 11 is 0. The molecule has 1 aliphatic heterocycles. The van der Waals surface area contributed by atoms with E-state index in [0.717, 1.165) is 24.1 Å². The minimum absolute atomic E-state index is 0.0933. The maximum atomic E-state index is 12.9. The Hall–Kier alpha value is -2.29. The standard InChI is InChI=1S/C19H22N2O/c1-13-8-9-16(20)12-18(13)19(22)21-11-10-17(14(21)2)15-6-4-3-5-7-15/h3-9,12,14,17H,10-11,20H2,1-2H3. The summed E-state index contributed by atoms with van der Waals surface area (Å²) in [5.74, 6) is 0.502. The second-order valence-corrected chi connectivity index (χ2v) is 6.12. The van der Waals surface area contributed by atoms with Crippen LogP contribution in [0.5, 0.6) is 0 Å². The summed E-state index contributed by atoms with van der Waals surface area (Å²) in [5, 5.41) is 0. The normalized spacial score (nSPS) is 21.1. The molecule has 1 fully saturated rings. The number of benzene rings is 2. The first kappa shape index (κ1) is 14.6. The second-order valence-electron chi connectivity index (χ2n) is 6.12. The van der Waals surface area contributed by atoms with E-state index in [2.05, 4.69) is 31.2 Å². The third-order valence-electron chi connectivity index (χ3n) is 4.74. The number of nitrogen functional groups attached to an aromatic ring is 1. The highest BCUT2D eigenvalue weighted by molar-refractivity contribution is 5.97. The van der Waals surface area contributed by atoms with Gasteiger partial charge < -0.3 is 10.6 Å². The van der Waals surface area contributed by atoms with Crippen LogP contribution in [0, 0.1) is 6.92 Å². The average molecular weight is 294 g/mol. The molecule has 0 aromatic heterocycles. The van der Waals surface area contributed by atoms with Crippen LogP contribution in [-0.4, -0.2) is 23.4 Å². The number of amides is 1. The number of hydrogen-bond donors (Lipinski definition) is 1. The lowest BCUT2D eigenvalue weighted by Crippen LogP contribution is -2.35. The Bertz CT molecular complexity index is 681. The molecule has 2 N–H and O–H groups in total. The van der Waals surface area contributed by atoms with Crippen LogP contribution in [0.1, 0.15) is 40.7 Å². The van der Waals surface area contributed by atoms with E-state index < -0.39 is 0 Å². The number of aryl methyl sites for hydroxylation is 1. The van der Waals surface area contributed by atoms with Crippen LogP contribution in [0.2, 0.25) is 0 Å². The molecule has 2 aromatic carbocycles. The van der Waals surface area contributed by atoms with Crippen molar-refractivity contribution in [1.29, 1.82) is 0 Å². The zero-order valence-electron chi connectivity index (χ0n) is 13.1. The van der Waals surface area contributed by atoms with Crippen molar-refractivity contribution in [2.24, 2.45) is 0 Å². The molecule has 1 saturated heterocycles. The van der Waals surface area contributed by atoms with E-state index in [-0.39, 0.29) is 11.9 Å². The van der Waals surface area contributed by atoms with Gasteiger partial charge in [0.1, 0.15) is 0 Å².